The maximum Gasteiger partial charge on any atom is 0.124 e. The highest BCUT2D eigenvalue weighted by molar-refractivity contribution is 7.12. The summed E-state index contributed by atoms with van der Waals surface area (Å²) in [6.07, 6.45) is 1.79. The first-order valence-corrected chi connectivity index (χ1v) is 6.80. The van der Waals surface area contributed by atoms with Crippen molar-refractivity contribution >= 4 is 11.3 Å². The Morgan fingerprint density at radius 3 is 2.71 bits per heavy atom. The average molecular weight is 244 g/mol. The average Bonchev–Trinajstić information content (AvgIpc) is 2.86. The molecule has 0 aliphatic heterocycles. The molecule has 3 rings (SSSR count). The van der Waals surface area contributed by atoms with Crippen molar-refractivity contribution in [3.05, 3.63) is 56.8 Å². The largest absolute Gasteiger partial charge is 0.380 e. The molecule has 1 atom stereocenters. The van der Waals surface area contributed by atoms with Crippen molar-refractivity contribution in [1.29, 1.82) is 0 Å². The minimum atomic E-state index is -0.750. The van der Waals surface area contributed by atoms with Crippen molar-refractivity contribution in [2.24, 2.45) is 0 Å². The van der Waals surface area contributed by atoms with E-state index in [1.54, 1.807) is 11.3 Å². The zero-order chi connectivity index (χ0) is 12.0. The van der Waals surface area contributed by atoms with Crippen molar-refractivity contribution in [3.8, 4) is 0 Å². The number of thiophene rings is 1. The normalized spacial score (nSPS) is 22.8. The topological polar surface area (TPSA) is 20.2 Å². The fourth-order valence-corrected chi connectivity index (χ4v) is 3.66. The van der Waals surface area contributed by atoms with Gasteiger partial charge in [0, 0.05) is 9.75 Å². The van der Waals surface area contributed by atoms with Crippen molar-refractivity contribution in [3.63, 3.8) is 0 Å². The van der Waals surface area contributed by atoms with Crippen LogP contribution in [0.2, 0.25) is 0 Å². The molecule has 17 heavy (non-hydrogen) atoms. The summed E-state index contributed by atoms with van der Waals surface area (Å²) in [6.45, 7) is 4.17. The van der Waals surface area contributed by atoms with Crippen LogP contribution in [0.15, 0.2) is 30.3 Å². The van der Waals surface area contributed by atoms with E-state index < -0.39 is 5.60 Å². The van der Waals surface area contributed by atoms with Crippen LogP contribution in [0.3, 0.4) is 0 Å². The highest BCUT2D eigenvalue weighted by Gasteiger charge is 2.39. The highest BCUT2D eigenvalue weighted by atomic mass is 32.1. The van der Waals surface area contributed by atoms with Crippen molar-refractivity contribution < 1.29 is 5.11 Å². The van der Waals surface area contributed by atoms with Crippen LogP contribution in [0, 0.1) is 13.8 Å². The number of aryl methyl sites for hydroxylation is 3. The fourth-order valence-electron chi connectivity index (χ4n) is 2.66. The second-order valence-electron chi connectivity index (χ2n) is 4.93. The standard InChI is InChI=1S/C15H16OS/c1-10-3-5-12-7-8-15(16,13(12)9-10)14-6-4-11(2)17-14/h3-6,9,16H,7-8H2,1-2H3. The minimum absolute atomic E-state index is 0.750. The van der Waals surface area contributed by atoms with Crippen LogP contribution in [-0.2, 0) is 12.0 Å². The van der Waals surface area contributed by atoms with E-state index in [2.05, 4.69) is 44.2 Å². The van der Waals surface area contributed by atoms with Crippen LogP contribution in [0.25, 0.3) is 0 Å². The van der Waals surface area contributed by atoms with Gasteiger partial charge in [-0.05, 0) is 49.9 Å². The summed E-state index contributed by atoms with van der Waals surface area (Å²) in [7, 11) is 0. The van der Waals surface area contributed by atoms with Gasteiger partial charge in [0.1, 0.15) is 5.60 Å². The summed E-state index contributed by atoms with van der Waals surface area (Å²) in [5.41, 5.74) is 2.88. The molecule has 1 N–H and O–H groups in total. The molecule has 1 heterocycles. The first-order valence-electron chi connectivity index (χ1n) is 5.99. The predicted octanol–water partition coefficient (Wildman–Crippen LogP) is 3.55. The molecule has 0 spiro atoms. The van der Waals surface area contributed by atoms with E-state index in [0.29, 0.717) is 0 Å². The molecule has 0 saturated carbocycles. The Kier molecular flexibility index (Phi) is 2.39. The SMILES string of the molecule is Cc1ccc2c(c1)C(O)(c1ccc(C)s1)CC2. The zero-order valence-corrected chi connectivity index (χ0v) is 11.0. The molecule has 0 saturated heterocycles. The number of rotatable bonds is 1. The van der Waals surface area contributed by atoms with E-state index in [0.717, 1.165) is 23.3 Å². The summed E-state index contributed by atoms with van der Waals surface area (Å²) in [5, 5.41) is 11.0. The van der Waals surface area contributed by atoms with Crippen molar-refractivity contribution in [2.75, 3.05) is 0 Å². The molecule has 0 fully saturated rings. The first-order chi connectivity index (χ1) is 8.09. The third-order valence-electron chi connectivity index (χ3n) is 3.62. The Labute approximate surface area is 106 Å². The zero-order valence-electron chi connectivity index (χ0n) is 10.2. The lowest BCUT2D eigenvalue weighted by molar-refractivity contribution is 0.0868. The van der Waals surface area contributed by atoms with Gasteiger partial charge < -0.3 is 5.11 Å². The van der Waals surface area contributed by atoms with Crippen LogP contribution in [0.1, 0.15) is 32.9 Å². The van der Waals surface area contributed by atoms with E-state index in [1.165, 1.54) is 16.0 Å². The van der Waals surface area contributed by atoms with Gasteiger partial charge in [-0.15, -0.1) is 11.3 Å². The molecule has 1 aliphatic carbocycles. The van der Waals surface area contributed by atoms with Crippen molar-refractivity contribution in [1.82, 2.24) is 0 Å². The smallest absolute Gasteiger partial charge is 0.124 e. The lowest BCUT2D eigenvalue weighted by atomic mass is 9.93. The van der Waals surface area contributed by atoms with Gasteiger partial charge >= 0.3 is 0 Å². The molecule has 0 bridgehead atoms. The molecule has 1 aromatic carbocycles. The molecular weight excluding hydrogens is 228 g/mol. The summed E-state index contributed by atoms with van der Waals surface area (Å²) in [4.78, 5) is 2.34. The number of fused-ring (bicyclic) bond motifs is 1. The Hall–Kier alpha value is -1.12. The Balaban J connectivity index is 2.16. The highest BCUT2D eigenvalue weighted by Crippen LogP contribution is 2.44. The molecule has 0 amide bonds. The Morgan fingerprint density at radius 1 is 1.18 bits per heavy atom. The number of hydrogen-bond donors (Lipinski definition) is 1. The quantitative estimate of drug-likeness (QED) is 0.813. The van der Waals surface area contributed by atoms with Crippen LogP contribution >= 0.6 is 11.3 Å². The van der Waals surface area contributed by atoms with Crippen LogP contribution in [-0.4, -0.2) is 5.11 Å². The third-order valence-corrected chi connectivity index (χ3v) is 4.77. The predicted molar refractivity (Wildman–Crippen MR) is 71.6 cm³/mol. The molecule has 1 unspecified atom stereocenters. The molecule has 0 radical (unpaired) electrons. The molecule has 1 aliphatic rings. The summed E-state index contributed by atoms with van der Waals surface area (Å²) < 4.78 is 0. The molecule has 2 aromatic rings. The van der Waals surface area contributed by atoms with Gasteiger partial charge in [-0.25, -0.2) is 0 Å². The van der Waals surface area contributed by atoms with Gasteiger partial charge in [-0.3, -0.25) is 0 Å². The van der Waals surface area contributed by atoms with E-state index >= 15 is 0 Å². The van der Waals surface area contributed by atoms with Gasteiger partial charge in [0.15, 0.2) is 0 Å². The second-order valence-corrected chi connectivity index (χ2v) is 6.22. The number of benzene rings is 1. The first kappa shape index (κ1) is 11.0. The second kappa shape index (κ2) is 3.69. The molecule has 1 nitrogen and oxygen atoms in total. The van der Waals surface area contributed by atoms with E-state index in [-0.39, 0.29) is 0 Å². The molecular formula is C15H16OS. The van der Waals surface area contributed by atoms with Crippen molar-refractivity contribution in [2.45, 2.75) is 32.3 Å². The van der Waals surface area contributed by atoms with E-state index in [9.17, 15) is 5.11 Å². The summed E-state index contributed by atoms with van der Waals surface area (Å²) in [6, 6.07) is 10.6. The Morgan fingerprint density at radius 2 is 2.00 bits per heavy atom. The van der Waals surface area contributed by atoms with Gasteiger partial charge in [0.25, 0.3) is 0 Å². The molecule has 2 heteroatoms. The maximum absolute atomic E-state index is 11.0. The van der Waals surface area contributed by atoms with Crippen LogP contribution < -0.4 is 0 Å². The molecule has 1 aromatic heterocycles. The van der Waals surface area contributed by atoms with Gasteiger partial charge in [-0.1, -0.05) is 23.8 Å². The molecule has 88 valence electrons. The van der Waals surface area contributed by atoms with Gasteiger partial charge in [0.05, 0.1) is 0 Å². The minimum Gasteiger partial charge on any atom is -0.380 e. The number of aliphatic hydroxyl groups is 1. The van der Waals surface area contributed by atoms with E-state index in [1.807, 2.05) is 0 Å². The summed E-state index contributed by atoms with van der Waals surface area (Å²) in [5.74, 6) is 0. The third kappa shape index (κ3) is 1.63. The monoisotopic (exact) mass is 244 g/mol. The van der Waals surface area contributed by atoms with Gasteiger partial charge in [0.2, 0.25) is 0 Å². The summed E-state index contributed by atoms with van der Waals surface area (Å²) >= 11 is 1.70. The van der Waals surface area contributed by atoms with Crippen LogP contribution in [0.5, 0.6) is 0 Å². The Bertz CT molecular complexity index is 570. The number of hydrogen-bond acceptors (Lipinski definition) is 2. The fraction of sp³-hybridized carbons (Fsp3) is 0.333. The lowest BCUT2D eigenvalue weighted by Crippen LogP contribution is -2.22. The maximum atomic E-state index is 11.0. The van der Waals surface area contributed by atoms with E-state index in [4.69, 9.17) is 0 Å². The van der Waals surface area contributed by atoms with Crippen LogP contribution in [0.4, 0.5) is 0 Å². The van der Waals surface area contributed by atoms with Gasteiger partial charge in [-0.2, -0.15) is 0 Å². The lowest BCUT2D eigenvalue weighted by Gasteiger charge is -2.23.